The smallest absolute Gasteiger partial charge is 0.243 e. The minimum absolute atomic E-state index is 0.272. The quantitative estimate of drug-likeness (QED) is 0.739. The maximum atomic E-state index is 6.08. The fourth-order valence-electron chi connectivity index (χ4n) is 1.96. The van der Waals surface area contributed by atoms with Gasteiger partial charge in [0.1, 0.15) is 0 Å². The maximum absolute atomic E-state index is 6.08. The van der Waals surface area contributed by atoms with Crippen molar-refractivity contribution in [1.29, 1.82) is 0 Å². The lowest BCUT2D eigenvalue weighted by molar-refractivity contribution is 0.349. The molecule has 20 heavy (non-hydrogen) atoms. The highest BCUT2D eigenvalue weighted by molar-refractivity contribution is 5.40. The van der Waals surface area contributed by atoms with Crippen molar-refractivity contribution in [1.82, 2.24) is 20.1 Å². The molecule has 0 aliphatic carbocycles. The third kappa shape index (κ3) is 2.75. The first kappa shape index (κ1) is 12.6. The summed E-state index contributed by atoms with van der Waals surface area (Å²) in [6.07, 6.45) is 4.98. The number of aromatic nitrogens is 4. The number of nitrogens with one attached hydrogen (secondary N) is 1. The standard InChI is InChI=1S/C14H15N5O/c15-11(7-6-10-4-2-1-3-5-10)14-18-13(19-20-14)12-16-8-9-17-12/h1-5,8-9,11H,6-7,15H2,(H,16,17)/t11-/m0/s1. The van der Waals surface area contributed by atoms with Gasteiger partial charge in [0.2, 0.25) is 11.7 Å². The Bertz CT molecular complexity index is 647. The fraction of sp³-hybridized carbons (Fsp3) is 0.214. The van der Waals surface area contributed by atoms with Gasteiger partial charge in [-0.1, -0.05) is 35.5 Å². The summed E-state index contributed by atoms with van der Waals surface area (Å²) in [6.45, 7) is 0. The van der Waals surface area contributed by atoms with Gasteiger partial charge in [0, 0.05) is 12.4 Å². The molecule has 0 saturated heterocycles. The number of imidazole rings is 1. The number of benzene rings is 1. The SMILES string of the molecule is N[C@@H](CCc1ccccc1)c1nc(-c2ncc[nH]2)no1. The number of aromatic amines is 1. The Morgan fingerprint density at radius 2 is 2.10 bits per heavy atom. The average Bonchev–Trinajstić information content (AvgIpc) is 3.16. The largest absolute Gasteiger partial charge is 0.342 e. The summed E-state index contributed by atoms with van der Waals surface area (Å²) < 4.78 is 5.19. The summed E-state index contributed by atoms with van der Waals surface area (Å²) >= 11 is 0. The lowest BCUT2D eigenvalue weighted by atomic mass is 10.1. The fourth-order valence-corrected chi connectivity index (χ4v) is 1.96. The topological polar surface area (TPSA) is 93.6 Å². The van der Waals surface area contributed by atoms with Gasteiger partial charge in [0.05, 0.1) is 6.04 Å². The summed E-state index contributed by atoms with van der Waals surface area (Å²) in [6, 6.07) is 9.91. The Morgan fingerprint density at radius 1 is 1.25 bits per heavy atom. The van der Waals surface area contributed by atoms with Crippen molar-refractivity contribution in [3.8, 4) is 11.6 Å². The van der Waals surface area contributed by atoms with Gasteiger partial charge in [0.25, 0.3) is 0 Å². The molecule has 3 rings (SSSR count). The first-order valence-electron chi connectivity index (χ1n) is 6.46. The van der Waals surface area contributed by atoms with Crippen LogP contribution in [-0.4, -0.2) is 20.1 Å². The highest BCUT2D eigenvalue weighted by atomic mass is 16.5. The van der Waals surface area contributed by atoms with Gasteiger partial charge in [-0.25, -0.2) is 4.98 Å². The highest BCUT2D eigenvalue weighted by Gasteiger charge is 2.16. The van der Waals surface area contributed by atoms with E-state index in [-0.39, 0.29) is 6.04 Å². The number of nitrogens with two attached hydrogens (primary N) is 1. The molecule has 0 fully saturated rings. The van der Waals surface area contributed by atoms with E-state index in [4.69, 9.17) is 10.3 Å². The molecule has 1 atom stereocenters. The van der Waals surface area contributed by atoms with Crippen molar-refractivity contribution >= 4 is 0 Å². The van der Waals surface area contributed by atoms with Crippen LogP contribution >= 0.6 is 0 Å². The predicted molar refractivity (Wildman–Crippen MR) is 73.6 cm³/mol. The van der Waals surface area contributed by atoms with Crippen LogP contribution in [0.25, 0.3) is 11.6 Å². The lowest BCUT2D eigenvalue weighted by Crippen LogP contribution is -2.11. The second-order valence-electron chi connectivity index (χ2n) is 4.52. The molecule has 2 aromatic heterocycles. The second-order valence-corrected chi connectivity index (χ2v) is 4.52. The van der Waals surface area contributed by atoms with Crippen molar-refractivity contribution < 1.29 is 4.52 Å². The van der Waals surface area contributed by atoms with E-state index in [0.717, 1.165) is 12.8 Å². The molecule has 6 nitrogen and oxygen atoms in total. The molecule has 0 bridgehead atoms. The summed E-state index contributed by atoms with van der Waals surface area (Å²) in [7, 11) is 0. The number of H-pyrrole nitrogens is 1. The molecule has 0 amide bonds. The number of hydrogen-bond donors (Lipinski definition) is 2. The van der Waals surface area contributed by atoms with Crippen molar-refractivity contribution in [2.45, 2.75) is 18.9 Å². The van der Waals surface area contributed by atoms with Crippen molar-refractivity contribution in [3.05, 3.63) is 54.2 Å². The molecular weight excluding hydrogens is 254 g/mol. The van der Waals surface area contributed by atoms with Crippen LogP contribution in [0.5, 0.6) is 0 Å². The molecule has 6 heteroatoms. The second kappa shape index (κ2) is 5.66. The molecule has 0 aliphatic rings. The van der Waals surface area contributed by atoms with E-state index in [1.54, 1.807) is 12.4 Å². The van der Waals surface area contributed by atoms with Gasteiger partial charge in [0.15, 0.2) is 5.82 Å². The number of hydrogen-bond acceptors (Lipinski definition) is 5. The third-order valence-corrected chi connectivity index (χ3v) is 3.06. The molecule has 0 unspecified atom stereocenters. The monoisotopic (exact) mass is 269 g/mol. The number of aryl methyl sites for hydroxylation is 1. The van der Waals surface area contributed by atoms with Crippen LogP contribution in [0.3, 0.4) is 0 Å². The van der Waals surface area contributed by atoms with Gasteiger partial charge >= 0.3 is 0 Å². The van der Waals surface area contributed by atoms with Crippen LogP contribution in [0.4, 0.5) is 0 Å². The van der Waals surface area contributed by atoms with Gasteiger partial charge in [-0.3, -0.25) is 0 Å². The summed E-state index contributed by atoms with van der Waals surface area (Å²) in [5, 5.41) is 3.87. The zero-order chi connectivity index (χ0) is 13.8. The van der Waals surface area contributed by atoms with Crippen molar-refractivity contribution in [3.63, 3.8) is 0 Å². The van der Waals surface area contributed by atoms with Crippen LogP contribution in [0, 0.1) is 0 Å². The highest BCUT2D eigenvalue weighted by Crippen LogP contribution is 2.18. The minimum Gasteiger partial charge on any atom is -0.342 e. The number of nitrogens with zero attached hydrogens (tertiary/aromatic N) is 3. The molecular formula is C14H15N5O. The zero-order valence-electron chi connectivity index (χ0n) is 10.9. The number of rotatable bonds is 5. The molecule has 1 aromatic carbocycles. The van der Waals surface area contributed by atoms with Crippen LogP contribution in [0.2, 0.25) is 0 Å². The van der Waals surface area contributed by atoms with E-state index in [2.05, 4.69) is 32.2 Å². The van der Waals surface area contributed by atoms with E-state index >= 15 is 0 Å². The Balaban J connectivity index is 1.64. The summed E-state index contributed by atoms with van der Waals surface area (Å²) in [5.41, 5.74) is 7.33. The minimum atomic E-state index is -0.272. The van der Waals surface area contributed by atoms with Crippen LogP contribution in [0.1, 0.15) is 23.9 Å². The van der Waals surface area contributed by atoms with E-state index in [0.29, 0.717) is 17.5 Å². The van der Waals surface area contributed by atoms with E-state index in [1.165, 1.54) is 5.56 Å². The van der Waals surface area contributed by atoms with Crippen molar-refractivity contribution in [2.24, 2.45) is 5.73 Å². The van der Waals surface area contributed by atoms with Crippen LogP contribution in [-0.2, 0) is 6.42 Å². The first-order valence-corrected chi connectivity index (χ1v) is 6.46. The molecule has 3 aromatic rings. The Hall–Kier alpha value is -2.47. The predicted octanol–water partition coefficient (Wildman–Crippen LogP) is 2.09. The Kier molecular flexibility index (Phi) is 3.56. The van der Waals surface area contributed by atoms with Crippen molar-refractivity contribution in [2.75, 3.05) is 0 Å². The maximum Gasteiger partial charge on any atom is 0.243 e. The molecule has 0 saturated carbocycles. The normalized spacial score (nSPS) is 12.4. The molecule has 3 N–H and O–H groups in total. The first-order chi connectivity index (χ1) is 9.83. The molecule has 0 spiro atoms. The van der Waals surface area contributed by atoms with Gasteiger partial charge < -0.3 is 15.2 Å². The zero-order valence-corrected chi connectivity index (χ0v) is 10.9. The summed E-state index contributed by atoms with van der Waals surface area (Å²) in [4.78, 5) is 11.3. The molecule has 0 aliphatic heterocycles. The Morgan fingerprint density at radius 3 is 2.85 bits per heavy atom. The molecule has 102 valence electrons. The molecule has 0 radical (unpaired) electrons. The van der Waals surface area contributed by atoms with Crippen LogP contribution in [0.15, 0.2) is 47.2 Å². The van der Waals surface area contributed by atoms with Gasteiger partial charge in [-0.05, 0) is 18.4 Å². The lowest BCUT2D eigenvalue weighted by Gasteiger charge is -2.06. The van der Waals surface area contributed by atoms with Gasteiger partial charge in [-0.15, -0.1) is 0 Å². The van der Waals surface area contributed by atoms with E-state index in [9.17, 15) is 0 Å². The average molecular weight is 269 g/mol. The van der Waals surface area contributed by atoms with Gasteiger partial charge in [-0.2, -0.15) is 4.98 Å². The van der Waals surface area contributed by atoms with E-state index in [1.807, 2.05) is 18.2 Å². The summed E-state index contributed by atoms with van der Waals surface area (Å²) in [5.74, 6) is 1.45. The Labute approximate surface area is 116 Å². The molecule has 2 heterocycles. The van der Waals surface area contributed by atoms with E-state index < -0.39 is 0 Å². The third-order valence-electron chi connectivity index (χ3n) is 3.06. The van der Waals surface area contributed by atoms with Crippen LogP contribution < -0.4 is 5.73 Å².